The van der Waals surface area contributed by atoms with Gasteiger partial charge in [-0.25, -0.2) is 12.7 Å². The Bertz CT molecular complexity index is 1410. The predicted molar refractivity (Wildman–Crippen MR) is 152 cm³/mol. The van der Waals surface area contributed by atoms with Gasteiger partial charge in [0.1, 0.15) is 15.6 Å². The Hall–Kier alpha value is -2.68. The van der Waals surface area contributed by atoms with Crippen LogP contribution < -0.4 is 20.9 Å². The van der Waals surface area contributed by atoms with E-state index < -0.39 is 15.9 Å². The van der Waals surface area contributed by atoms with E-state index in [4.69, 9.17) is 40.2 Å². The number of ether oxygens (including phenoxy) is 1. The van der Waals surface area contributed by atoms with Crippen molar-refractivity contribution in [2.24, 2.45) is 0 Å². The minimum Gasteiger partial charge on any atom is -0.495 e. The number of methoxy groups -OCH3 is 1. The van der Waals surface area contributed by atoms with Gasteiger partial charge in [-0.3, -0.25) is 20.4 Å². The highest BCUT2D eigenvalue weighted by molar-refractivity contribution is 7.89. The zero-order valence-electron chi connectivity index (χ0n) is 20.5. The van der Waals surface area contributed by atoms with Crippen LogP contribution in [0, 0.1) is 0 Å². The summed E-state index contributed by atoms with van der Waals surface area (Å²) in [5.41, 5.74) is 5.46. The molecule has 1 heterocycles. The van der Waals surface area contributed by atoms with Crippen molar-refractivity contribution < 1.29 is 22.7 Å². The maximum Gasteiger partial charge on any atom is 0.281 e. The molecule has 3 rings (SSSR count). The van der Waals surface area contributed by atoms with Crippen molar-refractivity contribution in [3.05, 3.63) is 51.3 Å². The molecule has 15 heteroatoms. The van der Waals surface area contributed by atoms with Crippen molar-refractivity contribution in [1.29, 1.82) is 0 Å². The highest BCUT2D eigenvalue weighted by atomic mass is 35.5. The second-order valence-electron chi connectivity index (χ2n) is 7.62. The van der Waals surface area contributed by atoms with Crippen LogP contribution in [0.1, 0.15) is 9.67 Å². The van der Waals surface area contributed by atoms with Gasteiger partial charge in [-0.1, -0.05) is 29.3 Å². The first-order valence-corrected chi connectivity index (χ1v) is 13.7. The molecule has 0 saturated heterocycles. The number of hydrazine groups is 1. The summed E-state index contributed by atoms with van der Waals surface area (Å²) in [7, 11) is 4.17. The number of carbonyl (C=O) groups excluding carboxylic acids is 2. The third-order valence-electron chi connectivity index (χ3n) is 4.50. The maximum absolute atomic E-state index is 12.6. The smallest absolute Gasteiger partial charge is 0.281 e. The average Bonchev–Trinajstić information content (AvgIpc) is 3.20. The van der Waals surface area contributed by atoms with Crippen molar-refractivity contribution in [3.8, 4) is 5.75 Å². The zero-order chi connectivity index (χ0) is 27.9. The van der Waals surface area contributed by atoms with E-state index in [0.717, 1.165) is 22.1 Å². The number of nitrogens with zero attached hydrogens (tertiary/aromatic N) is 2. The monoisotopic (exact) mass is 605 g/mol. The van der Waals surface area contributed by atoms with Gasteiger partial charge in [0.05, 0.1) is 21.7 Å². The van der Waals surface area contributed by atoms with E-state index in [9.17, 15) is 18.0 Å². The van der Waals surface area contributed by atoms with E-state index in [0.29, 0.717) is 26.5 Å². The molecule has 3 aromatic rings. The molecule has 0 radical (unpaired) electrons. The lowest BCUT2D eigenvalue weighted by molar-refractivity contribution is -0.115. The van der Waals surface area contributed by atoms with Crippen LogP contribution in [-0.4, -0.2) is 70.4 Å². The molecule has 0 saturated carbocycles. The number of fused-ring (bicyclic) bond motifs is 1. The largest absolute Gasteiger partial charge is 0.495 e. The molecule has 10 nitrogen and oxygen atoms in total. The molecule has 0 fully saturated rings. The van der Waals surface area contributed by atoms with Crippen LogP contribution in [0.2, 0.25) is 10.0 Å². The van der Waals surface area contributed by atoms with E-state index in [1.165, 1.54) is 38.2 Å². The molecule has 2 amide bonds. The minimum atomic E-state index is -3.60. The van der Waals surface area contributed by atoms with Gasteiger partial charge >= 0.3 is 0 Å². The molecular weight excluding hydrogens is 581 g/mol. The minimum absolute atomic E-state index is 0.0506. The van der Waals surface area contributed by atoms with Gasteiger partial charge in [0, 0.05) is 39.3 Å². The number of sulfonamides is 1. The van der Waals surface area contributed by atoms with Crippen molar-refractivity contribution in [3.63, 3.8) is 0 Å². The first kappa shape index (κ1) is 30.5. The van der Waals surface area contributed by atoms with E-state index in [1.807, 2.05) is 0 Å². The number of thiophene rings is 1. The molecule has 0 aliphatic rings. The van der Waals surface area contributed by atoms with Gasteiger partial charge in [-0.2, -0.15) is 0 Å². The van der Waals surface area contributed by atoms with Crippen molar-refractivity contribution in [2.75, 3.05) is 40.6 Å². The second-order valence-corrected chi connectivity index (χ2v) is 12.0. The molecule has 3 N–H and O–H groups in total. The number of nitrogens with one attached hydrogen (secondary N) is 3. The molecule has 37 heavy (non-hydrogen) atoms. The van der Waals surface area contributed by atoms with Crippen molar-refractivity contribution in [2.45, 2.75) is 4.90 Å². The summed E-state index contributed by atoms with van der Waals surface area (Å²) < 4.78 is 31.5. The van der Waals surface area contributed by atoms with Crippen LogP contribution in [0.25, 0.3) is 10.1 Å². The average molecular weight is 607 g/mol. The lowest BCUT2D eigenvalue weighted by Gasteiger charge is -2.14. The predicted octanol–water partition coefficient (Wildman–Crippen LogP) is 3.80. The quantitative estimate of drug-likeness (QED) is 0.220. The van der Waals surface area contributed by atoms with Gasteiger partial charge < -0.3 is 15.0 Å². The van der Waals surface area contributed by atoms with Gasteiger partial charge in [-0.05, 0) is 42.5 Å². The third-order valence-corrected chi connectivity index (χ3v) is 8.73. The summed E-state index contributed by atoms with van der Waals surface area (Å²) in [6.45, 7) is 0. The highest BCUT2D eigenvalue weighted by Gasteiger charge is 2.21. The maximum atomic E-state index is 12.6. The van der Waals surface area contributed by atoms with Crippen LogP contribution in [0.15, 0.2) is 41.3 Å². The van der Waals surface area contributed by atoms with Crippen LogP contribution >= 0.6 is 46.8 Å². The molecule has 0 spiro atoms. The number of anilines is 1. The highest BCUT2D eigenvalue weighted by Crippen LogP contribution is 2.42. The van der Waals surface area contributed by atoms with Gasteiger partial charge in [0.2, 0.25) is 16.4 Å². The molecule has 0 unspecified atom stereocenters. The van der Waals surface area contributed by atoms with E-state index >= 15 is 0 Å². The Morgan fingerprint density at radius 1 is 1.08 bits per heavy atom. The summed E-state index contributed by atoms with van der Waals surface area (Å²) in [4.78, 5) is 23.8. The Kier molecular flexibility index (Phi) is 10.9. The van der Waals surface area contributed by atoms with Crippen molar-refractivity contribution in [1.82, 2.24) is 20.1 Å². The molecule has 0 atom stereocenters. The number of halogens is 2. The fraction of sp³-hybridized carbons (Fsp3) is 0.227. The topological polar surface area (TPSA) is 120 Å². The summed E-state index contributed by atoms with van der Waals surface area (Å²) in [6, 6.07) is 9.53. The lowest BCUT2D eigenvalue weighted by Crippen LogP contribution is -2.43. The number of benzene rings is 2. The standard InChI is InChI=1S/C19H18Cl2N4O4S3.C3H7NO/c1-25(2)32(27,28)11-6-4-5-10(9-11)22-19(30)24-23-18(26)17-14(20)12-7-8-13(29-3)15(21)16(12)31-17;1-4(2)3-5/h4-9H,1-3H3,(H,23,26)(H2,22,24,30);3H,1-2H3. The number of carbonyl (C=O) groups is 2. The van der Waals surface area contributed by atoms with Crippen LogP contribution in [0.3, 0.4) is 0 Å². The summed E-state index contributed by atoms with van der Waals surface area (Å²) in [6.07, 6.45) is 0.750. The SMILES string of the molecule is CN(C)C=O.COc1ccc2c(Cl)c(C(=O)NNC(=S)Nc3cccc(S(=O)(=O)N(C)C)c3)sc2c1Cl. The number of hydrogen-bond donors (Lipinski definition) is 3. The number of thiocarbonyl (C=S) groups is 1. The van der Waals surface area contributed by atoms with Gasteiger partial charge in [-0.15, -0.1) is 11.3 Å². The van der Waals surface area contributed by atoms with E-state index in [2.05, 4.69) is 16.2 Å². The number of hydrogen-bond acceptors (Lipinski definition) is 7. The first-order valence-electron chi connectivity index (χ1n) is 10.3. The Morgan fingerprint density at radius 2 is 1.73 bits per heavy atom. The fourth-order valence-electron chi connectivity index (χ4n) is 2.66. The van der Waals surface area contributed by atoms with Crippen LogP contribution in [0.4, 0.5) is 5.69 Å². The molecule has 2 aromatic carbocycles. The first-order chi connectivity index (χ1) is 17.3. The molecule has 200 valence electrons. The fourth-order valence-corrected chi connectivity index (χ4v) is 5.57. The number of amides is 2. The summed E-state index contributed by atoms with van der Waals surface area (Å²) >= 11 is 19.0. The van der Waals surface area contributed by atoms with Gasteiger partial charge in [0.25, 0.3) is 5.91 Å². The Labute approximate surface area is 234 Å². The summed E-state index contributed by atoms with van der Waals surface area (Å²) in [5.74, 6) is -0.0367. The molecule has 1 aromatic heterocycles. The van der Waals surface area contributed by atoms with E-state index in [1.54, 1.807) is 38.4 Å². The lowest BCUT2D eigenvalue weighted by atomic mass is 10.2. The zero-order valence-corrected chi connectivity index (χ0v) is 24.4. The molecule has 0 aliphatic heterocycles. The van der Waals surface area contributed by atoms with Crippen molar-refractivity contribution >= 4 is 90.0 Å². The normalized spacial score (nSPS) is 10.8. The second kappa shape index (κ2) is 13.2. The van der Waals surface area contributed by atoms with Crippen LogP contribution in [0.5, 0.6) is 5.75 Å². The third kappa shape index (κ3) is 7.66. The molecule has 0 aliphatic carbocycles. The Morgan fingerprint density at radius 3 is 2.30 bits per heavy atom. The van der Waals surface area contributed by atoms with Gasteiger partial charge in [0.15, 0.2) is 5.11 Å². The molecule has 0 bridgehead atoms. The van der Waals surface area contributed by atoms with Crippen LogP contribution in [-0.2, 0) is 14.8 Å². The number of rotatable bonds is 6. The summed E-state index contributed by atoms with van der Waals surface area (Å²) in [5, 5.41) is 4.13. The Balaban J connectivity index is 0.000000877. The molecular formula is C22H25Cl2N5O5S3. The van der Waals surface area contributed by atoms with E-state index in [-0.39, 0.29) is 19.9 Å².